The number of aliphatic imine (C=N–C) groups is 1. The fourth-order valence-electron chi connectivity index (χ4n) is 4.21. The van der Waals surface area contributed by atoms with Crippen molar-refractivity contribution >= 4 is 24.4 Å². The van der Waals surface area contributed by atoms with E-state index in [1.807, 2.05) is 32.1 Å². The van der Waals surface area contributed by atoms with Crippen LogP contribution in [0.25, 0.3) is 0 Å². The van der Waals surface area contributed by atoms with Crippen LogP contribution < -0.4 is 15.9 Å². The zero-order valence-electron chi connectivity index (χ0n) is 22.1. The van der Waals surface area contributed by atoms with E-state index in [1.54, 1.807) is 0 Å². The van der Waals surface area contributed by atoms with Gasteiger partial charge in [-0.05, 0) is 82.2 Å². The predicted molar refractivity (Wildman–Crippen MR) is 154 cm³/mol. The van der Waals surface area contributed by atoms with Gasteiger partial charge in [0, 0.05) is 34.7 Å². The number of nitrogens with zero attached hydrogens (tertiary/aromatic N) is 1. The molecule has 2 aromatic rings. The maximum absolute atomic E-state index is 5.87. The summed E-state index contributed by atoms with van der Waals surface area (Å²) in [6, 6.07) is 22.2. The average Bonchev–Trinajstić information content (AvgIpc) is 3.68. The number of nitrogens with one attached hydrogen (secondary N) is 1. The SMILES string of the molecule is C[C@@H](NCC1=N[C@H](C(C)(C)C)CO1)[C]1[CH][CH][CH][C]1P(c1ccccc1)c1ccccc1.[CH]1[CH][CH][CH][CH]1.[Fe]. The molecule has 2 aliphatic carbocycles. The van der Waals surface area contributed by atoms with Crippen LogP contribution in [0, 0.1) is 68.4 Å². The van der Waals surface area contributed by atoms with Crippen molar-refractivity contribution in [3.05, 3.63) is 124 Å². The van der Waals surface area contributed by atoms with Gasteiger partial charge in [-0.2, -0.15) is 0 Å². The second-order valence-corrected chi connectivity index (χ2v) is 12.3. The van der Waals surface area contributed by atoms with E-state index in [2.05, 4.69) is 113 Å². The van der Waals surface area contributed by atoms with Gasteiger partial charge in [0.05, 0.1) is 12.6 Å². The van der Waals surface area contributed by atoms with Crippen molar-refractivity contribution < 1.29 is 21.8 Å². The van der Waals surface area contributed by atoms with Crippen LogP contribution in [-0.4, -0.2) is 31.1 Å². The van der Waals surface area contributed by atoms with E-state index in [4.69, 9.17) is 9.73 Å². The smallest absolute Gasteiger partial charge is 0.198 e. The Labute approximate surface area is 237 Å². The normalized spacial score (nSPS) is 21.1. The molecule has 0 bridgehead atoms. The number of ether oxygens (including phenoxy) is 1. The van der Waals surface area contributed by atoms with E-state index >= 15 is 0 Å². The Kier molecular flexibility index (Phi) is 12.2. The van der Waals surface area contributed by atoms with Gasteiger partial charge < -0.3 is 10.1 Å². The number of benzene rings is 2. The summed E-state index contributed by atoms with van der Waals surface area (Å²) in [6.45, 7) is 10.2. The fraction of sp³-hybridized carbons (Fsp3) is 0.281. The summed E-state index contributed by atoms with van der Waals surface area (Å²) in [5, 5.41) is 6.40. The Bertz CT molecular complexity index is 895. The summed E-state index contributed by atoms with van der Waals surface area (Å²) in [5.41, 5.74) is 1.54. The van der Waals surface area contributed by atoms with E-state index in [-0.39, 0.29) is 34.6 Å². The topological polar surface area (TPSA) is 33.6 Å². The summed E-state index contributed by atoms with van der Waals surface area (Å²) < 4.78 is 5.87. The molecular formula is C32H37FeN2OP. The summed E-state index contributed by atoms with van der Waals surface area (Å²) in [5.74, 6) is 2.18. The van der Waals surface area contributed by atoms with E-state index in [0.717, 1.165) is 5.90 Å². The molecular weight excluding hydrogens is 515 g/mol. The molecule has 3 nitrogen and oxygen atoms in total. The predicted octanol–water partition coefficient (Wildman–Crippen LogP) is 5.69. The van der Waals surface area contributed by atoms with Crippen LogP contribution in [0.1, 0.15) is 27.7 Å². The first-order chi connectivity index (χ1) is 17.4. The van der Waals surface area contributed by atoms with Crippen molar-refractivity contribution in [2.24, 2.45) is 10.4 Å². The van der Waals surface area contributed by atoms with Gasteiger partial charge in [0.1, 0.15) is 6.61 Å². The summed E-state index contributed by atoms with van der Waals surface area (Å²) in [6.07, 6.45) is 16.7. The molecule has 2 fully saturated rings. The minimum Gasteiger partial charge on any atom is -0.478 e. The average molecular weight is 552 g/mol. The van der Waals surface area contributed by atoms with Crippen molar-refractivity contribution in [2.75, 3.05) is 13.2 Å². The quantitative estimate of drug-likeness (QED) is 0.354. The molecule has 10 radical (unpaired) electrons. The van der Waals surface area contributed by atoms with Crippen molar-refractivity contribution in [3.63, 3.8) is 0 Å². The van der Waals surface area contributed by atoms with Crippen molar-refractivity contribution in [1.82, 2.24) is 5.32 Å². The molecule has 2 saturated carbocycles. The largest absolute Gasteiger partial charge is 0.478 e. The second kappa shape index (κ2) is 14.8. The zero-order chi connectivity index (χ0) is 25.4. The van der Waals surface area contributed by atoms with Crippen LogP contribution in [0.2, 0.25) is 0 Å². The minimum absolute atomic E-state index is 0. The molecule has 2 aromatic carbocycles. The van der Waals surface area contributed by atoms with Gasteiger partial charge in [-0.25, -0.2) is 4.99 Å². The molecule has 0 aromatic heterocycles. The number of hydrogen-bond donors (Lipinski definition) is 1. The third kappa shape index (κ3) is 8.66. The van der Waals surface area contributed by atoms with Gasteiger partial charge in [0.15, 0.2) is 5.90 Å². The van der Waals surface area contributed by atoms with Crippen molar-refractivity contribution in [3.8, 4) is 0 Å². The maximum atomic E-state index is 5.87. The summed E-state index contributed by atoms with van der Waals surface area (Å²) in [4.78, 5) is 4.80. The Morgan fingerprint density at radius 1 is 0.865 bits per heavy atom. The van der Waals surface area contributed by atoms with Gasteiger partial charge >= 0.3 is 0 Å². The van der Waals surface area contributed by atoms with Gasteiger partial charge in [-0.1, -0.05) is 81.4 Å². The number of rotatable bonds is 7. The fourth-order valence-corrected chi connectivity index (χ4v) is 6.77. The Morgan fingerprint density at radius 2 is 1.41 bits per heavy atom. The van der Waals surface area contributed by atoms with Crippen LogP contribution in [0.15, 0.2) is 65.7 Å². The number of hydrogen-bond acceptors (Lipinski definition) is 3. The molecule has 0 saturated heterocycles. The second-order valence-electron chi connectivity index (χ2n) is 10.2. The van der Waals surface area contributed by atoms with Gasteiger partial charge in [-0.15, -0.1) is 0 Å². The monoisotopic (exact) mass is 552 g/mol. The Balaban J connectivity index is 0.000000568. The third-order valence-electron chi connectivity index (χ3n) is 6.38. The van der Waals surface area contributed by atoms with Crippen LogP contribution in [0.3, 0.4) is 0 Å². The first kappa shape index (κ1) is 30.4. The third-order valence-corrected chi connectivity index (χ3v) is 8.90. The molecule has 1 heterocycles. The summed E-state index contributed by atoms with van der Waals surface area (Å²) in [7, 11) is -0.607. The van der Waals surface area contributed by atoms with Crippen LogP contribution in [-0.2, 0) is 21.8 Å². The van der Waals surface area contributed by atoms with Gasteiger partial charge in [0.25, 0.3) is 0 Å². The molecule has 37 heavy (non-hydrogen) atoms. The van der Waals surface area contributed by atoms with Crippen molar-refractivity contribution in [2.45, 2.75) is 39.8 Å². The molecule has 3 aliphatic rings. The maximum Gasteiger partial charge on any atom is 0.198 e. The molecule has 0 amide bonds. The van der Waals surface area contributed by atoms with E-state index in [1.165, 1.54) is 22.2 Å². The summed E-state index contributed by atoms with van der Waals surface area (Å²) >= 11 is 0. The molecule has 0 spiro atoms. The van der Waals surface area contributed by atoms with Crippen LogP contribution in [0.4, 0.5) is 0 Å². The zero-order valence-corrected chi connectivity index (χ0v) is 24.1. The van der Waals surface area contributed by atoms with Gasteiger partial charge in [-0.3, -0.25) is 0 Å². The Hall–Kier alpha value is -1.18. The van der Waals surface area contributed by atoms with Gasteiger partial charge in [0.2, 0.25) is 0 Å². The molecule has 5 rings (SSSR count). The molecule has 2 atom stereocenters. The molecule has 194 valence electrons. The first-order valence-electron chi connectivity index (χ1n) is 12.7. The van der Waals surface area contributed by atoms with E-state index < -0.39 is 7.92 Å². The Morgan fingerprint density at radius 3 is 1.89 bits per heavy atom. The van der Waals surface area contributed by atoms with Crippen LogP contribution >= 0.6 is 7.92 Å². The van der Waals surface area contributed by atoms with E-state index in [9.17, 15) is 0 Å². The molecule has 5 heteroatoms. The molecule has 1 aliphatic heterocycles. The van der Waals surface area contributed by atoms with E-state index in [0.29, 0.717) is 13.2 Å². The van der Waals surface area contributed by atoms with Crippen molar-refractivity contribution in [1.29, 1.82) is 0 Å². The first-order valence-corrected chi connectivity index (χ1v) is 14.0. The molecule has 0 unspecified atom stereocenters. The minimum atomic E-state index is -0.607. The standard InChI is InChI=1S/C27H32N2OP.C5H5.Fe/c1-20(28-18-26-29-25(19-30-26)27(2,3)4)23-16-11-17-24(23)31(21-12-7-5-8-13-21)22-14-9-6-10-15-22;1-2-4-5-3-1;/h5-17,20,25,28H,18-19H2,1-4H3;1-5H;/t20-,25+;;/m1../s1. The molecule has 1 N–H and O–H groups in total. The van der Waals surface area contributed by atoms with Crippen LogP contribution in [0.5, 0.6) is 0 Å².